The minimum Gasteiger partial charge on any atom is -0.354 e. The van der Waals surface area contributed by atoms with Crippen LogP contribution >= 0.6 is 0 Å². The molecular weight excluding hydrogens is 288 g/mol. The summed E-state index contributed by atoms with van der Waals surface area (Å²) in [6, 6.07) is 9.85. The summed E-state index contributed by atoms with van der Waals surface area (Å²) in [5.74, 6) is -0.0241. The van der Waals surface area contributed by atoms with E-state index in [1.54, 1.807) is 0 Å². The highest BCUT2D eigenvalue weighted by Gasteiger charge is 2.26. The van der Waals surface area contributed by atoms with Gasteiger partial charge in [0.05, 0.1) is 6.04 Å². The van der Waals surface area contributed by atoms with Gasteiger partial charge in [-0.25, -0.2) is 0 Å². The molecule has 0 aliphatic rings. The van der Waals surface area contributed by atoms with Crippen molar-refractivity contribution in [3.8, 4) is 0 Å². The number of carbonyl (C=O) groups excluding carboxylic acids is 2. The second kappa shape index (κ2) is 7.62. The fraction of sp³-hybridized carbons (Fsp3) is 0.579. The van der Waals surface area contributed by atoms with E-state index >= 15 is 0 Å². The molecule has 0 saturated carbocycles. The van der Waals surface area contributed by atoms with Gasteiger partial charge in [0.25, 0.3) is 0 Å². The van der Waals surface area contributed by atoms with Crippen LogP contribution in [0.3, 0.4) is 0 Å². The van der Waals surface area contributed by atoms with Crippen LogP contribution in [0.15, 0.2) is 30.3 Å². The minimum absolute atomic E-state index is 0.0107. The lowest BCUT2D eigenvalue weighted by molar-refractivity contribution is -0.131. The normalized spacial score (nSPS) is 13.3. The van der Waals surface area contributed by atoms with Crippen molar-refractivity contribution in [2.75, 3.05) is 6.54 Å². The SMILES string of the molecule is CC(C)(C)C(=O)NCC(Cc1ccccc1)NC(=O)C(C)(C)C. The smallest absolute Gasteiger partial charge is 0.225 e. The molecule has 1 rings (SSSR count). The van der Waals surface area contributed by atoms with Gasteiger partial charge in [0.15, 0.2) is 0 Å². The fourth-order valence-electron chi connectivity index (χ4n) is 1.96. The largest absolute Gasteiger partial charge is 0.354 e. The maximum Gasteiger partial charge on any atom is 0.225 e. The Morgan fingerprint density at radius 2 is 1.43 bits per heavy atom. The van der Waals surface area contributed by atoms with E-state index in [-0.39, 0.29) is 17.9 Å². The predicted molar refractivity (Wildman–Crippen MR) is 94.0 cm³/mol. The first-order valence-corrected chi connectivity index (χ1v) is 8.13. The van der Waals surface area contributed by atoms with Crippen molar-refractivity contribution in [1.29, 1.82) is 0 Å². The Labute approximate surface area is 140 Å². The highest BCUT2D eigenvalue weighted by Crippen LogP contribution is 2.15. The van der Waals surface area contributed by atoms with E-state index in [1.165, 1.54) is 0 Å². The highest BCUT2D eigenvalue weighted by atomic mass is 16.2. The Bertz CT molecular complexity index is 525. The number of hydrogen-bond acceptors (Lipinski definition) is 2. The van der Waals surface area contributed by atoms with E-state index in [0.717, 1.165) is 5.56 Å². The number of nitrogens with one attached hydrogen (secondary N) is 2. The van der Waals surface area contributed by atoms with E-state index in [1.807, 2.05) is 71.9 Å². The maximum absolute atomic E-state index is 12.3. The molecule has 0 aliphatic heterocycles. The molecule has 1 atom stereocenters. The molecule has 0 heterocycles. The number of hydrogen-bond donors (Lipinski definition) is 2. The van der Waals surface area contributed by atoms with Crippen molar-refractivity contribution in [2.45, 2.75) is 54.0 Å². The molecule has 1 aromatic rings. The standard InChI is InChI=1S/C19H30N2O2/c1-18(2,3)16(22)20-13-15(21-17(23)19(4,5)6)12-14-10-8-7-9-11-14/h7-11,15H,12-13H2,1-6H3,(H,20,22)(H,21,23). The third-order valence-corrected chi connectivity index (χ3v) is 3.53. The van der Waals surface area contributed by atoms with Crippen LogP contribution in [-0.4, -0.2) is 24.4 Å². The Morgan fingerprint density at radius 3 is 1.91 bits per heavy atom. The number of carbonyl (C=O) groups is 2. The van der Waals surface area contributed by atoms with Gasteiger partial charge in [-0.2, -0.15) is 0 Å². The first kappa shape index (κ1) is 19.2. The molecule has 2 amide bonds. The minimum atomic E-state index is -0.455. The summed E-state index contributed by atoms with van der Waals surface area (Å²) in [5.41, 5.74) is 0.241. The monoisotopic (exact) mass is 318 g/mol. The zero-order chi connectivity index (χ0) is 17.7. The molecule has 0 saturated heterocycles. The predicted octanol–water partition coefficient (Wildman–Crippen LogP) is 2.92. The zero-order valence-corrected chi connectivity index (χ0v) is 15.2. The van der Waals surface area contributed by atoms with Gasteiger partial charge in [-0.1, -0.05) is 71.9 Å². The van der Waals surface area contributed by atoms with Crippen molar-refractivity contribution in [2.24, 2.45) is 10.8 Å². The van der Waals surface area contributed by atoms with Crippen LogP contribution in [0.25, 0.3) is 0 Å². The zero-order valence-electron chi connectivity index (χ0n) is 15.2. The Kier molecular flexibility index (Phi) is 6.37. The van der Waals surface area contributed by atoms with Crippen molar-refractivity contribution in [1.82, 2.24) is 10.6 Å². The highest BCUT2D eigenvalue weighted by molar-refractivity contribution is 5.82. The summed E-state index contributed by atoms with van der Waals surface area (Å²) in [6.45, 7) is 11.7. The summed E-state index contributed by atoms with van der Waals surface area (Å²) in [4.78, 5) is 24.4. The quantitative estimate of drug-likeness (QED) is 0.877. The third-order valence-electron chi connectivity index (χ3n) is 3.53. The van der Waals surface area contributed by atoms with Crippen LogP contribution in [0.2, 0.25) is 0 Å². The molecule has 128 valence electrons. The van der Waals surface area contributed by atoms with E-state index in [9.17, 15) is 9.59 Å². The molecule has 0 bridgehead atoms. The molecule has 0 radical (unpaired) electrons. The summed E-state index contributed by atoms with van der Waals surface area (Å²) in [5, 5.41) is 6.00. The van der Waals surface area contributed by atoms with Crippen LogP contribution in [0.5, 0.6) is 0 Å². The second-order valence-corrected chi connectivity index (χ2v) is 8.07. The molecule has 1 aromatic carbocycles. The topological polar surface area (TPSA) is 58.2 Å². The summed E-state index contributed by atoms with van der Waals surface area (Å²) < 4.78 is 0. The first-order chi connectivity index (χ1) is 10.5. The molecule has 0 fully saturated rings. The summed E-state index contributed by atoms with van der Waals surface area (Å²) >= 11 is 0. The van der Waals surface area contributed by atoms with Gasteiger partial charge in [-0.05, 0) is 12.0 Å². The van der Waals surface area contributed by atoms with Crippen molar-refractivity contribution < 1.29 is 9.59 Å². The average molecular weight is 318 g/mol. The average Bonchev–Trinajstić information content (AvgIpc) is 2.43. The number of rotatable bonds is 5. The molecule has 2 N–H and O–H groups in total. The lowest BCUT2D eigenvalue weighted by Gasteiger charge is -2.26. The summed E-state index contributed by atoms with van der Waals surface area (Å²) in [6.07, 6.45) is 0.688. The van der Waals surface area contributed by atoms with Crippen LogP contribution in [0, 0.1) is 10.8 Å². The molecular formula is C19H30N2O2. The molecule has 0 aromatic heterocycles. The first-order valence-electron chi connectivity index (χ1n) is 8.13. The van der Waals surface area contributed by atoms with Crippen LogP contribution in [-0.2, 0) is 16.0 Å². The van der Waals surface area contributed by atoms with Crippen molar-refractivity contribution >= 4 is 11.8 Å². The van der Waals surface area contributed by atoms with Crippen LogP contribution < -0.4 is 10.6 Å². The third kappa shape index (κ3) is 6.85. The van der Waals surface area contributed by atoms with E-state index in [4.69, 9.17) is 0 Å². The second-order valence-electron chi connectivity index (χ2n) is 8.07. The van der Waals surface area contributed by atoms with E-state index in [0.29, 0.717) is 13.0 Å². The lowest BCUT2D eigenvalue weighted by Crippen LogP contribution is -2.49. The molecule has 4 nitrogen and oxygen atoms in total. The Morgan fingerprint density at radius 1 is 0.913 bits per heavy atom. The molecule has 1 unspecified atom stereocenters. The van der Waals surface area contributed by atoms with Gasteiger partial charge in [0.2, 0.25) is 11.8 Å². The van der Waals surface area contributed by atoms with Crippen LogP contribution in [0.1, 0.15) is 47.1 Å². The lowest BCUT2D eigenvalue weighted by atomic mass is 9.94. The van der Waals surface area contributed by atoms with Gasteiger partial charge in [-0.3, -0.25) is 9.59 Å². The molecule has 4 heteroatoms. The molecule has 23 heavy (non-hydrogen) atoms. The Balaban J connectivity index is 2.76. The fourth-order valence-corrected chi connectivity index (χ4v) is 1.96. The van der Waals surface area contributed by atoms with E-state index in [2.05, 4.69) is 10.6 Å². The van der Waals surface area contributed by atoms with Gasteiger partial charge < -0.3 is 10.6 Å². The Hall–Kier alpha value is -1.84. The summed E-state index contributed by atoms with van der Waals surface area (Å²) in [7, 11) is 0. The van der Waals surface area contributed by atoms with Crippen LogP contribution in [0.4, 0.5) is 0 Å². The van der Waals surface area contributed by atoms with Gasteiger partial charge >= 0.3 is 0 Å². The van der Waals surface area contributed by atoms with Gasteiger partial charge in [-0.15, -0.1) is 0 Å². The van der Waals surface area contributed by atoms with Gasteiger partial charge in [0.1, 0.15) is 0 Å². The van der Waals surface area contributed by atoms with Gasteiger partial charge in [0, 0.05) is 17.4 Å². The number of amides is 2. The maximum atomic E-state index is 12.3. The van der Waals surface area contributed by atoms with Crippen molar-refractivity contribution in [3.63, 3.8) is 0 Å². The molecule has 0 aliphatic carbocycles. The number of benzene rings is 1. The van der Waals surface area contributed by atoms with E-state index < -0.39 is 10.8 Å². The van der Waals surface area contributed by atoms with Crippen molar-refractivity contribution in [3.05, 3.63) is 35.9 Å². The molecule has 0 spiro atoms.